The molecule has 1 rings (SSSR count). The van der Waals surface area contributed by atoms with Gasteiger partial charge < -0.3 is 10.0 Å². The van der Waals surface area contributed by atoms with Crippen LogP contribution in [0.5, 0.6) is 0 Å². The topological polar surface area (TPSA) is 23.5 Å². The molecule has 2 nitrogen and oxygen atoms in total. The second-order valence-electron chi connectivity index (χ2n) is 4.35. The van der Waals surface area contributed by atoms with E-state index < -0.39 is 0 Å². The number of thioether (sulfide) groups is 1. The van der Waals surface area contributed by atoms with Gasteiger partial charge in [0.25, 0.3) is 0 Å². The van der Waals surface area contributed by atoms with Crippen LogP contribution in [0.1, 0.15) is 17.5 Å². The van der Waals surface area contributed by atoms with Crippen LogP contribution in [0, 0.1) is 17.7 Å². The van der Waals surface area contributed by atoms with Crippen molar-refractivity contribution < 1.29 is 9.50 Å². The van der Waals surface area contributed by atoms with Crippen molar-refractivity contribution in [2.75, 3.05) is 32.2 Å². The zero-order valence-electron chi connectivity index (χ0n) is 11.4. The van der Waals surface area contributed by atoms with Crippen molar-refractivity contribution in [1.82, 2.24) is 4.90 Å². The van der Waals surface area contributed by atoms with E-state index in [1.165, 1.54) is 6.07 Å². The van der Waals surface area contributed by atoms with Gasteiger partial charge in [0.2, 0.25) is 0 Å². The van der Waals surface area contributed by atoms with Gasteiger partial charge >= 0.3 is 0 Å². The lowest BCUT2D eigenvalue weighted by molar-refractivity contribution is 0.305. The molecule has 0 heterocycles. The van der Waals surface area contributed by atoms with Crippen LogP contribution in [0.15, 0.2) is 18.2 Å². The van der Waals surface area contributed by atoms with Crippen molar-refractivity contribution in [1.29, 1.82) is 0 Å². The normalized spacial score (nSPS) is 10.4. The highest BCUT2D eigenvalue weighted by Gasteiger charge is 2.03. The maximum atomic E-state index is 13.5. The zero-order valence-corrected chi connectivity index (χ0v) is 12.3. The van der Waals surface area contributed by atoms with Crippen LogP contribution in [-0.2, 0) is 6.54 Å². The van der Waals surface area contributed by atoms with Gasteiger partial charge in [0.1, 0.15) is 5.82 Å². The average Bonchev–Trinajstić information content (AvgIpc) is 2.36. The molecule has 0 atom stereocenters. The lowest BCUT2D eigenvalue weighted by Gasteiger charge is -2.16. The highest BCUT2D eigenvalue weighted by atomic mass is 32.2. The number of benzene rings is 1. The fraction of sp³-hybridized carbons (Fsp3) is 0.467. The molecular weight excluding hydrogens is 261 g/mol. The quantitative estimate of drug-likeness (QED) is 0.810. The molecule has 0 bridgehead atoms. The third kappa shape index (κ3) is 6.63. The second-order valence-corrected chi connectivity index (χ2v) is 5.34. The van der Waals surface area contributed by atoms with E-state index >= 15 is 0 Å². The molecule has 0 fully saturated rings. The van der Waals surface area contributed by atoms with Crippen molar-refractivity contribution in [3.8, 4) is 11.8 Å². The van der Waals surface area contributed by atoms with E-state index in [1.54, 1.807) is 17.8 Å². The van der Waals surface area contributed by atoms with Crippen molar-refractivity contribution in [3.63, 3.8) is 0 Å². The van der Waals surface area contributed by atoms with Gasteiger partial charge in [-0.1, -0.05) is 11.8 Å². The second kappa shape index (κ2) is 8.98. The van der Waals surface area contributed by atoms with Crippen molar-refractivity contribution >= 4 is 11.8 Å². The first-order valence-electron chi connectivity index (χ1n) is 6.22. The molecule has 1 aromatic carbocycles. The molecule has 1 N–H and O–H groups in total. The van der Waals surface area contributed by atoms with E-state index in [2.05, 4.69) is 23.0 Å². The first kappa shape index (κ1) is 16.0. The highest BCUT2D eigenvalue weighted by Crippen LogP contribution is 2.11. The van der Waals surface area contributed by atoms with Gasteiger partial charge in [-0.2, -0.15) is 11.8 Å². The number of aliphatic hydroxyl groups excluding tert-OH is 1. The predicted octanol–water partition coefficient (Wildman–Crippen LogP) is 2.35. The summed E-state index contributed by atoms with van der Waals surface area (Å²) in [7, 11) is 2.03. The van der Waals surface area contributed by atoms with Gasteiger partial charge in [-0.3, -0.25) is 0 Å². The minimum Gasteiger partial charge on any atom is -0.395 e. The van der Waals surface area contributed by atoms with E-state index in [1.807, 2.05) is 13.1 Å². The van der Waals surface area contributed by atoms with Gasteiger partial charge in [-0.15, -0.1) is 0 Å². The molecule has 0 aromatic heterocycles. The van der Waals surface area contributed by atoms with Gasteiger partial charge in [-0.25, -0.2) is 4.39 Å². The summed E-state index contributed by atoms with van der Waals surface area (Å²) in [5.74, 6) is 6.48. The molecule has 0 aliphatic carbocycles. The Morgan fingerprint density at radius 3 is 2.84 bits per heavy atom. The van der Waals surface area contributed by atoms with Crippen molar-refractivity contribution in [2.45, 2.75) is 13.0 Å². The maximum absolute atomic E-state index is 13.5. The highest BCUT2D eigenvalue weighted by molar-refractivity contribution is 7.98. The average molecular weight is 281 g/mol. The number of rotatable bonds is 6. The van der Waals surface area contributed by atoms with Crippen LogP contribution in [0.2, 0.25) is 0 Å². The molecule has 0 radical (unpaired) electrons. The van der Waals surface area contributed by atoms with Gasteiger partial charge in [0, 0.05) is 30.8 Å². The molecule has 0 aliphatic heterocycles. The molecule has 0 aliphatic rings. The van der Waals surface area contributed by atoms with Crippen molar-refractivity contribution in [3.05, 3.63) is 35.1 Å². The molecular formula is C15H20FNOS. The van der Waals surface area contributed by atoms with Gasteiger partial charge in [0.05, 0.1) is 6.61 Å². The minimum atomic E-state index is -0.260. The Morgan fingerprint density at radius 1 is 1.37 bits per heavy atom. The Balaban J connectivity index is 2.71. The summed E-state index contributed by atoms with van der Waals surface area (Å²) in [4.78, 5) is 2.16. The molecule has 0 unspecified atom stereocenters. The Morgan fingerprint density at radius 2 is 2.16 bits per heavy atom. The van der Waals surface area contributed by atoms with E-state index in [4.69, 9.17) is 5.11 Å². The summed E-state index contributed by atoms with van der Waals surface area (Å²) >= 11 is 1.80. The third-order valence-electron chi connectivity index (χ3n) is 2.56. The first-order valence-corrected chi connectivity index (χ1v) is 7.61. The number of hydrogen-bond donors (Lipinski definition) is 1. The maximum Gasteiger partial charge on any atom is 0.124 e. The van der Waals surface area contributed by atoms with E-state index in [0.717, 1.165) is 17.9 Å². The largest absolute Gasteiger partial charge is 0.395 e. The molecule has 0 saturated carbocycles. The summed E-state index contributed by atoms with van der Waals surface area (Å²) in [5.41, 5.74) is 1.60. The lowest BCUT2D eigenvalue weighted by atomic mass is 10.1. The summed E-state index contributed by atoms with van der Waals surface area (Å²) in [6.07, 6.45) is 2.49. The Labute approximate surface area is 119 Å². The number of halogens is 1. The molecule has 104 valence electrons. The standard InChI is InChI=1S/C15H20FNOS/c1-17(6-8-19-2)12-14-9-13(5-3-4-7-18)10-15(16)11-14/h9-11,18H,4,6-8,12H2,1-2H3. The summed E-state index contributed by atoms with van der Waals surface area (Å²) in [6.45, 7) is 1.72. The minimum absolute atomic E-state index is 0.0343. The van der Waals surface area contributed by atoms with Gasteiger partial charge in [0.15, 0.2) is 0 Å². The SMILES string of the molecule is CSCCN(C)Cc1cc(F)cc(C#CCCO)c1. The predicted molar refractivity (Wildman–Crippen MR) is 79.7 cm³/mol. The third-order valence-corrected chi connectivity index (χ3v) is 3.15. The Hall–Kier alpha value is -1.02. The van der Waals surface area contributed by atoms with E-state index in [-0.39, 0.29) is 12.4 Å². The van der Waals surface area contributed by atoms with Crippen LogP contribution < -0.4 is 0 Å². The van der Waals surface area contributed by atoms with Crippen LogP contribution in [-0.4, -0.2) is 42.2 Å². The Kier molecular flexibility index (Phi) is 7.57. The summed E-state index contributed by atoms with van der Waals surface area (Å²) in [5, 5.41) is 8.67. The van der Waals surface area contributed by atoms with Crippen LogP contribution >= 0.6 is 11.8 Å². The smallest absolute Gasteiger partial charge is 0.124 e. The molecule has 0 saturated heterocycles. The van der Waals surface area contributed by atoms with Crippen LogP contribution in [0.25, 0.3) is 0 Å². The van der Waals surface area contributed by atoms with E-state index in [0.29, 0.717) is 18.5 Å². The molecule has 1 aromatic rings. The molecule has 0 amide bonds. The molecule has 0 spiro atoms. The fourth-order valence-corrected chi connectivity index (χ4v) is 2.17. The summed E-state index contributed by atoms with van der Waals surface area (Å²) in [6, 6.07) is 4.88. The summed E-state index contributed by atoms with van der Waals surface area (Å²) < 4.78 is 13.5. The van der Waals surface area contributed by atoms with Gasteiger partial charge in [-0.05, 0) is 37.1 Å². The van der Waals surface area contributed by atoms with Crippen molar-refractivity contribution in [2.24, 2.45) is 0 Å². The molecule has 4 heteroatoms. The number of aliphatic hydroxyl groups is 1. The number of nitrogens with zero attached hydrogens (tertiary/aromatic N) is 1. The van der Waals surface area contributed by atoms with Crippen LogP contribution in [0.4, 0.5) is 4.39 Å². The number of hydrogen-bond acceptors (Lipinski definition) is 3. The monoisotopic (exact) mass is 281 g/mol. The Bertz CT molecular complexity index is 453. The lowest BCUT2D eigenvalue weighted by Crippen LogP contribution is -2.20. The fourth-order valence-electron chi connectivity index (χ4n) is 1.67. The first-order chi connectivity index (χ1) is 9.15. The van der Waals surface area contributed by atoms with E-state index in [9.17, 15) is 4.39 Å². The zero-order chi connectivity index (χ0) is 14.1. The van der Waals surface area contributed by atoms with Crippen LogP contribution in [0.3, 0.4) is 0 Å². The molecule has 19 heavy (non-hydrogen) atoms.